The van der Waals surface area contributed by atoms with Crippen molar-refractivity contribution in [2.75, 3.05) is 26.1 Å². The normalized spacial score (nSPS) is 16.2. The van der Waals surface area contributed by atoms with Gasteiger partial charge in [-0.3, -0.25) is 14.4 Å². The maximum atomic E-state index is 13.5. The predicted molar refractivity (Wildman–Crippen MR) is 140 cm³/mol. The molecule has 4 rings (SSSR count). The zero-order chi connectivity index (χ0) is 27.4. The highest BCUT2D eigenvalue weighted by Gasteiger charge is 2.31. The van der Waals surface area contributed by atoms with Gasteiger partial charge in [0, 0.05) is 55.6 Å². The molecule has 2 atom stereocenters. The van der Waals surface area contributed by atoms with Gasteiger partial charge in [-0.2, -0.15) is 5.10 Å². The second kappa shape index (κ2) is 11.5. The fraction of sp³-hybridized carbons (Fsp3) is 0.286. The summed E-state index contributed by atoms with van der Waals surface area (Å²) in [6.45, 7) is 1.88. The molecule has 0 saturated carbocycles. The third kappa shape index (κ3) is 6.04. The second-order valence-electron chi connectivity index (χ2n) is 9.23. The SMILES string of the molecule is COCC(O)Cn1nc(-c2ccc(C)c(NC(=O)C3=CN(C)C(=O)CC3c3ccc(F)cc3)c2)ccc1=O. The number of aliphatic hydroxyl groups excluding tert-OH is 1. The van der Waals surface area contributed by atoms with Gasteiger partial charge >= 0.3 is 0 Å². The topological polar surface area (TPSA) is 114 Å². The Morgan fingerprint density at radius 2 is 1.92 bits per heavy atom. The summed E-state index contributed by atoms with van der Waals surface area (Å²) >= 11 is 0. The van der Waals surface area contributed by atoms with E-state index in [0.717, 1.165) is 5.56 Å². The van der Waals surface area contributed by atoms with Crippen LogP contribution >= 0.6 is 0 Å². The van der Waals surface area contributed by atoms with Crippen molar-refractivity contribution >= 4 is 17.5 Å². The van der Waals surface area contributed by atoms with Gasteiger partial charge in [0.05, 0.1) is 24.9 Å². The van der Waals surface area contributed by atoms with Crippen LogP contribution in [0.4, 0.5) is 10.1 Å². The van der Waals surface area contributed by atoms with E-state index in [0.29, 0.717) is 28.1 Å². The average Bonchev–Trinajstić information content (AvgIpc) is 2.88. The number of aliphatic hydroxyl groups is 1. The van der Waals surface area contributed by atoms with Crippen molar-refractivity contribution in [2.24, 2.45) is 0 Å². The Morgan fingerprint density at radius 1 is 1.18 bits per heavy atom. The lowest BCUT2D eigenvalue weighted by Gasteiger charge is -2.28. The Hall–Kier alpha value is -4.15. The molecule has 38 heavy (non-hydrogen) atoms. The predicted octanol–water partition coefficient (Wildman–Crippen LogP) is 2.83. The molecule has 0 spiro atoms. The second-order valence-corrected chi connectivity index (χ2v) is 9.23. The number of aromatic nitrogens is 2. The number of amides is 2. The number of nitrogens with zero attached hydrogens (tertiary/aromatic N) is 3. The number of aryl methyl sites for hydroxylation is 1. The van der Waals surface area contributed by atoms with E-state index in [1.807, 2.05) is 19.1 Å². The fourth-order valence-corrected chi connectivity index (χ4v) is 4.30. The maximum absolute atomic E-state index is 13.5. The molecule has 2 unspecified atom stereocenters. The molecule has 2 heterocycles. The zero-order valence-corrected chi connectivity index (χ0v) is 21.3. The van der Waals surface area contributed by atoms with Gasteiger partial charge in [0.1, 0.15) is 5.82 Å². The number of halogens is 1. The maximum Gasteiger partial charge on any atom is 0.266 e. The van der Waals surface area contributed by atoms with E-state index in [4.69, 9.17) is 4.74 Å². The van der Waals surface area contributed by atoms with Crippen LogP contribution in [0.15, 0.2) is 71.2 Å². The molecule has 198 valence electrons. The summed E-state index contributed by atoms with van der Waals surface area (Å²) in [5.74, 6) is -1.46. The van der Waals surface area contributed by atoms with Crippen molar-refractivity contribution in [3.63, 3.8) is 0 Å². The minimum absolute atomic E-state index is 0.0267. The summed E-state index contributed by atoms with van der Waals surface area (Å²) in [7, 11) is 3.05. The molecule has 1 aliphatic heterocycles. The van der Waals surface area contributed by atoms with Crippen LogP contribution in [0.25, 0.3) is 11.3 Å². The molecule has 0 fully saturated rings. The Kier molecular flexibility index (Phi) is 8.13. The quantitative estimate of drug-likeness (QED) is 0.472. The summed E-state index contributed by atoms with van der Waals surface area (Å²) < 4.78 is 19.6. The highest BCUT2D eigenvalue weighted by atomic mass is 19.1. The minimum Gasteiger partial charge on any atom is -0.389 e. The van der Waals surface area contributed by atoms with Gasteiger partial charge in [0.2, 0.25) is 5.91 Å². The molecule has 0 bridgehead atoms. The highest BCUT2D eigenvalue weighted by Crippen LogP contribution is 2.34. The number of carbonyl (C=O) groups is 2. The number of nitrogens with one attached hydrogen (secondary N) is 1. The number of rotatable bonds is 8. The Balaban J connectivity index is 1.62. The van der Waals surface area contributed by atoms with Crippen LogP contribution in [0, 0.1) is 12.7 Å². The van der Waals surface area contributed by atoms with E-state index in [2.05, 4.69) is 10.4 Å². The Labute approximate surface area is 219 Å². The first kappa shape index (κ1) is 26.9. The third-order valence-corrected chi connectivity index (χ3v) is 6.41. The van der Waals surface area contributed by atoms with Crippen LogP contribution < -0.4 is 10.9 Å². The van der Waals surface area contributed by atoms with Crippen LogP contribution in [-0.2, 0) is 20.9 Å². The van der Waals surface area contributed by atoms with E-state index in [9.17, 15) is 23.9 Å². The molecule has 9 nitrogen and oxygen atoms in total. The number of benzene rings is 2. The van der Waals surface area contributed by atoms with Crippen molar-refractivity contribution < 1.29 is 23.8 Å². The summed E-state index contributed by atoms with van der Waals surface area (Å²) in [6.07, 6.45) is 0.703. The van der Waals surface area contributed by atoms with Gasteiger partial charge < -0.3 is 20.1 Å². The van der Waals surface area contributed by atoms with E-state index in [1.165, 1.54) is 41.1 Å². The van der Waals surface area contributed by atoms with Crippen molar-refractivity contribution in [1.29, 1.82) is 0 Å². The molecule has 2 N–H and O–H groups in total. The molecule has 1 aliphatic rings. The van der Waals surface area contributed by atoms with Gasteiger partial charge in [0.15, 0.2) is 0 Å². The summed E-state index contributed by atoms with van der Waals surface area (Å²) in [5, 5.41) is 17.3. The molecule has 2 amide bonds. The summed E-state index contributed by atoms with van der Waals surface area (Å²) in [5.41, 5.74) is 3.15. The average molecular weight is 521 g/mol. The Bertz CT molecular complexity index is 1430. The number of anilines is 1. The molecule has 2 aromatic carbocycles. The molecular weight excluding hydrogens is 491 g/mol. The first-order valence-corrected chi connectivity index (χ1v) is 12.1. The minimum atomic E-state index is -0.892. The molecule has 1 aromatic heterocycles. The third-order valence-electron chi connectivity index (χ3n) is 6.41. The van der Waals surface area contributed by atoms with Gasteiger partial charge in [-0.05, 0) is 42.3 Å². The number of hydrogen-bond acceptors (Lipinski definition) is 6. The molecule has 0 aliphatic carbocycles. The van der Waals surface area contributed by atoms with Crippen LogP contribution in [-0.4, -0.2) is 58.5 Å². The number of ether oxygens (including phenoxy) is 1. The zero-order valence-electron chi connectivity index (χ0n) is 21.3. The van der Waals surface area contributed by atoms with E-state index in [1.54, 1.807) is 31.3 Å². The smallest absolute Gasteiger partial charge is 0.266 e. The Morgan fingerprint density at radius 3 is 2.63 bits per heavy atom. The molecule has 0 saturated heterocycles. The first-order chi connectivity index (χ1) is 18.2. The van der Waals surface area contributed by atoms with Crippen molar-refractivity contribution in [1.82, 2.24) is 14.7 Å². The number of carbonyl (C=O) groups excluding carboxylic acids is 2. The standard InChI is InChI=1S/C28H29FN4O5/c1-17-4-5-19(24-10-11-26(35)33(31-24)14-21(34)16-38-3)12-25(17)30-28(37)23-15-32(2)27(36)13-22(23)18-6-8-20(29)9-7-18/h4-12,15,21-22,34H,13-14,16H2,1-3H3,(H,30,37). The van der Waals surface area contributed by atoms with Crippen LogP contribution in [0.3, 0.4) is 0 Å². The van der Waals surface area contributed by atoms with Crippen molar-refractivity contribution in [3.8, 4) is 11.3 Å². The lowest BCUT2D eigenvalue weighted by Crippen LogP contribution is -2.33. The lowest BCUT2D eigenvalue weighted by molar-refractivity contribution is -0.128. The molecule has 3 aromatic rings. The van der Waals surface area contributed by atoms with Gasteiger partial charge in [-0.15, -0.1) is 0 Å². The van der Waals surface area contributed by atoms with E-state index >= 15 is 0 Å². The molecule has 0 radical (unpaired) electrons. The lowest BCUT2D eigenvalue weighted by atomic mass is 9.85. The monoisotopic (exact) mass is 520 g/mol. The van der Waals surface area contributed by atoms with Gasteiger partial charge in [0.25, 0.3) is 11.5 Å². The largest absolute Gasteiger partial charge is 0.389 e. The summed E-state index contributed by atoms with van der Waals surface area (Å²) in [4.78, 5) is 39.5. The van der Waals surface area contributed by atoms with Gasteiger partial charge in [-0.1, -0.05) is 24.3 Å². The number of methoxy groups -OCH3 is 1. The van der Waals surface area contributed by atoms with E-state index < -0.39 is 17.8 Å². The van der Waals surface area contributed by atoms with Gasteiger partial charge in [-0.25, -0.2) is 9.07 Å². The van der Waals surface area contributed by atoms with Crippen LogP contribution in [0.2, 0.25) is 0 Å². The number of hydrogen-bond donors (Lipinski definition) is 2. The molecule has 10 heteroatoms. The van der Waals surface area contributed by atoms with Crippen molar-refractivity contribution in [3.05, 3.63) is 93.7 Å². The fourth-order valence-electron chi connectivity index (χ4n) is 4.30. The summed E-state index contributed by atoms with van der Waals surface area (Å²) in [6, 6.07) is 14.1. The van der Waals surface area contributed by atoms with E-state index in [-0.39, 0.29) is 36.9 Å². The highest BCUT2D eigenvalue weighted by molar-refractivity contribution is 6.07. The first-order valence-electron chi connectivity index (χ1n) is 12.1. The molecular formula is C28H29FN4O5. The van der Waals surface area contributed by atoms with Crippen LogP contribution in [0.5, 0.6) is 0 Å². The van der Waals surface area contributed by atoms with Crippen molar-refractivity contribution in [2.45, 2.75) is 31.9 Å². The van der Waals surface area contributed by atoms with Crippen LogP contribution in [0.1, 0.15) is 23.5 Å².